The van der Waals surface area contributed by atoms with Crippen LogP contribution in [0.1, 0.15) is 10.5 Å². The molecule has 0 aliphatic heterocycles. The van der Waals surface area contributed by atoms with E-state index in [0.717, 1.165) is 0 Å². The van der Waals surface area contributed by atoms with Crippen LogP contribution in [0.25, 0.3) is 0 Å². The molecule has 16 heavy (non-hydrogen) atoms. The maximum Gasteiger partial charge on any atom is 0.357 e. The van der Waals surface area contributed by atoms with E-state index >= 15 is 0 Å². The molecule has 6 nitrogen and oxygen atoms in total. The molecule has 0 fully saturated rings. The lowest BCUT2D eigenvalue weighted by Crippen LogP contribution is -2.01. The summed E-state index contributed by atoms with van der Waals surface area (Å²) in [5, 5.41) is 9.37. The number of hydrogen-bond acceptors (Lipinski definition) is 6. The van der Waals surface area contributed by atoms with E-state index in [1.807, 2.05) is 19.3 Å². The molecule has 0 atom stereocenters. The summed E-state index contributed by atoms with van der Waals surface area (Å²) < 4.78 is 6.24. The minimum atomic E-state index is -0.440. The van der Waals surface area contributed by atoms with Crippen LogP contribution in [0.15, 0.2) is 17.6 Å². The first-order chi connectivity index (χ1) is 7.69. The number of nitrogens with one attached hydrogen (secondary N) is 1. The molecule has 0 saturated carbocycles. The Morgan fingerprint density at radius 1 is 1.62 bits per heavy atom. The molecule has 2 heterocycles. The second kappa shape index (κ2) is 4.31. The first-order valence-electron chi connectivity index (χ1n) is 4.49. The van der Waals surface area contributed by atoms with E-state index < -0.39 is 5.97 Å². The zero-order valence-corrected chi connectivity index (χ0v) is 9.61. The van der Waals surface area contributed by atoms with E-state index in [1.54, 1.807) is 10.1 Å². The largest absolute Gasteiger partial charge is 0.464 e. The SMILES string of the molecule is COC(=O)c1csc(Nc2ccn(C)n2)n1. The number of aryl methyl sites for hydroxylation is 1. The van der Waals surface area contributed by atoms with Gasteiger partial charge in [-0.05, 0) is 0 Å². The molecule has 0 unspecified atom stereocenters. The van der Waals surface area contributed by atoms with Gasteiger partial charge in [-0.3, -0.25) is 4.68 Å². The van der Waals surface area contributed by atoms with E-state index in [4.69, 9.17) is 0 Å². The Morgan fingerprint density at radius 3 is 3.06 bits per heavy atom. The average Bonchev–Trinajstić information content (AvgIpc) is 2.87. The van der Waals surface area contributed by atoms with Gasteiger partial charge in [0.1, 0.15) is 0 Å². The van der Waals surface area contributed by atoms with Crippen molar-refractivity contribution >= 4 is 28.3 Å². The summed E-state index contributed by atoms with van der Waals surface area (Å²) in [5.41, 5.74) is 0.297. The molecule has 84 valence electrons. The molecule has 0 radical (unpaired) electrons. The van der Waals surface area contributed by atoms with Crippen molar-refractivity contribution in [1.29, 1.82) is 0 Å². The minimum Gasteiger partial charge on any atom is -0.464 e. The summed E-state index contributed by atoms with van der Waals surface area (Å²) in [6.07, 6.45) is 1.82. The third kappa shape index (κ3) is 2.19. The van der Waals surface area contributed by atoms with Crippen molar-refractivity contribution in [2.45, 2.75) is 0 Å². The molecular formula is C9H10N4O2S. The van der Waals surface area contributed by atoms with Crippen molar-refractivity contribution in [3.8, 4) is 0 Å². The van der Waals surface area contributed by atoms with E-state index in [2.05, 4.69) is 20.1 Å². The predicted molar refractivity (Wildman–Crippen MR) is 59.9 cm³/mol. The van der Waals surface area contributed by atoms with Crippen molar-refractivity contribution in [1.82, 2.24) is 14.8 Å². The Bertz CT molecular complexity index is 505. The number of methoxy groups -OCH3 is 1. The van der Waals surface area contributed by atoms with Crippen LogP contribution in [-0.4, -0.2) is 27.8 Å². The van der Waals surface area contributed by atoms with Crippen LogP contribution in [-0.2, 0) is 11.8 Å². The summed E-state index contributed by atoms with van der Waals surface area (Å²) in [4.78, 5) is 15.2. The van der Waals surface area contributed by atoms with Gasteiger partial charge in [0.25, 0.3) is 0 Å². The highest BCUT2D eigenvalue weighted by Gasteiger charge is 2.10. The van der Waals surface area contributed by atoms with Gasteiger partial charge in [-0.2, -0.15) is 5.10 Å². The molecule has 0 spiro atoms. The van der Waals surface area contributed by atoms with Gasteiger partial charge in [0.05, 0.1) is 7.11 Å². The number of thiazole rings is 1. The fourth-order valence-electron chi connectivity index (χ4n) is 1.12. The number of anilines is 2. The molecule has 1 N–H and O–H groups in total. The van der Waals surface area contributed by atoms with Crippen LogP contribution < -0.4 is 5.32 Å². The maximum absolute atomic E-state index is 11.2. The third-order valence-electron chi connectivity index (χ3n) is 1.85. The average molecular weight is 238 g/mol. The molecule has 0 bridgehead atoms. The van der Waals surface area contributed by atoms with Crippen molar-refractivity contribution in [3.05, 3.63) is 23.3 Å². The van der Waals surface area contributed by atoms with Gasteiger partial charge in [0, 0.05) is 24.7 Å². The molecule has 0 aromatic carbocycles. The summed E-state index contributed by atoms with van der Waals surface area (Å²) in [6, 6.07) is 1.82. The second-order valence-electron chi connectivity index (χ2n) is 3.03. The van der Waals surface area contributed by atoms with Crippen molar-refractivity contribution in [2.24, 2.45) is 7.05 Å². The Balaban J connectivity index is 2.11. The number of carbonyl (C=O) groups excluding carboxylic acids is 1. The lowest BCUT2D eigenvalue weighted by atomic mass is 10.5. The van der Waals surface area contributed by atoms with Crippen molar-refractivity contribution in [2.75, 3.05) is 12.4 Å². The monoisotopic (exact) mass is 238 g/mol. The normalized spacial score (nSPS) is 10.1. The zero-order valence-electron chi connectivity index (χ0n) is 8.80. The van der Waals surface area contributed by atoms with E-state index in [-0.39, 0.29) is 0 Å². The Labute approximate surface area is 95.9 Å². The highest BCUT2D eigenvalue weighted by Crippen LogP contribution is 2.19. The van der Waals surface area contributed by atoms with Crippen molar-refractivity contribution in [3.63, 3.8) is 0 Å². The fourth-order valence-corrected chi connectivity index (χ4v) is 1.81. The Hall–Kier alpha value is -1.89. The number of esters is 1. The first-order valence-corrected chi connectivity index (χ1v) is 5.37. The predicted octanol–water partition coefficient (Wildman–Crippen LogP) is 1.41. The maximum atomic E-state index is 11.2. The molecule has 2 aromatic heterocycles. The van der Waals surface area contributed by atoms with Crippen LogP contribution in [0, 0.1) is 0 Å². The lowest BCUT2D eigenvalue weighted by Gasteiger charge is -1.96. The van der Waals surface area contributed by atoms with Gasteiger partial charge >= 0.3 is 5.97 Å². The molecule has 2 rings (SSSR count). The number of ether oxygens (including phenoxy) is 1. The zero-order chi connectivity index (χ0) is 11.5. The number of rotatable bonds is 3. The molecule has 0 aliphatic rings. The second-order valence-corrected chi connectivity index (χ2v) is 3.89. The van der Waals surface area contributed by atoms with E-state index in [0.29, 0.717) is 16.6 Å². The van der Waals surface area contributed by atoms with Crippen LogP contribution in [0.4, 0.5) is 10.9 Å². The lowest BCUT2D eigenvalue weighted by molar-refractivity contribution is 0.0595. The number of aromatic nitrogens is 3. The molecular weight excluding hydrogens is 228 g/mol. The highest BCUT2D eigenvalue weighted by atomic mass is 32.1. The summed E-state index contributed by atoms with van der Waals surface area (Å²) >= 11 is 1.33. The summed E-state index contributed by atoms with van der Waals surface area (Å²) in [6.45, 7) is 0. The molecule has 0 aliphatic carbocycles. The summed E-state index contributed by atoms with van der Waals surface area (Å²) in [7, 11) is 3.15. The minimum absolute atomic E-state index is 0.297. The fraction of sp³-hybridized carbons (Fsp3) is 0.222. The Morgan fingerprint density at radius 2 is 2.44 bits per heavy atom. The smallest absolute Gasteiger partial charge is 0.357 e. The molecule has 0 amide bonds. The first kappa shape index (κ1) is 10.6. The topological polar surface area (TPSA) is 69.0 Å². The number of nitrogens with zero attached hydrogens (tertiary/aromatic N) is 3. The summed E-state index contributed by atoms with van der Waals surface area (Å²) in [5.74, 6) is 0.249. The van der Waals surface area contributed by atoms with Gasteiger partial charge < -0.3 is 10.1 Å². The van der Waals surface area contributed by atoms with Gasteiger partial charge in [-0.1, -0.05) is 0 Å². The molecule has 2 aromatic rings. The van der Waals surface area contributed by atoms with Crippen LogP contribution in [0.5, 0.6) is 0 Å². The third-order valence-corrected chi connectivity index (χ3v) is 2.61. The van der Waals surface area contributed by atoms with E-state index in [1.165, 1.54) is 18.4 Å². The van der Waals surface area contributed by atoms with Gasteiger partial charge in [-0.15, -0.1) is 11.3 Å². The number of carbonyl (C=O) groups is 1. The highest BCUT2D eigenvalue weighted by molar-refractivity contribution is 7.14. The van der Waals surface area contributed by atoms with Gasteiger partial charge in [0.2, 0.25) is 0 Å². The van der Waals surface area contributed by atoms with Gasteiger partial charge in [-0.25, -0.2) is 9.78 Å². The Kier molecular flexibility index (Phi) is 2.86. The standard InChI is InChI=1S/C9H10N4O2S/c1-13-4-3-7(12-13)11-9-10-6(5-16-9)8(14)15-2/h3-5H,1-2H3,(H,10,11,12). The molecule has 7 heteroatoms. The van der Waals surface area contributed by atoms with Crippen LogP contribution in [0.3, 0.4) is 0 Å². The van der Waals surface area contributed by atoms with Crippen LogP contribution in [0.2, 0.25) is 0 Å². The van der Waals surface area contributed by atoms with Crippen molar-refractivity contribution < 1.29 is 9.53 Å². The molecule has 0 saturated heterocycles. The van der Waals surface area contributed by atoms with E-state index in [9.17, 15) is 4.79 Å². The quantitative estimate of drug-likeness (QED) is 0.819. The van der Waals surface area contributed by atoms with Gasteiger partial charge in [0.15, 0.2) is 16.6 Å². The van der Waals surface area contributed by atoms with Crippen LogP contribution >= 0.6 is 11.3 Å². The number of hydrogen-bond donors (Lipinski definition) is 1.